The van der Waals surface area contributed by atoms with E-state index in [1.807, 2.05) is 4.90 Å². The van der Waals surface area contributed by atoms with E-state index in [1.165, 1.54) is 4.88 Å². The van der Waals surface area contributed by atoms with Gasteiger partial charge in [-0.3, -0.25) is 4.79 Å². The summed E-state index contributed by atoms with van der Waals surface area (Å²) in [6.07, 6.45) is 4.55. The van der Waals surface area contributed by atoms with Gasteiger partial charge in [-0.1, -0.05) is 6.07 Å². The molecule has 1 N–H and O–H groups in total. The predicted molar refractivity (Wildman–Crippen MR) is 79.9 cm³/mol. The number of aryl methyl sites for hydroxylation is 1. The van der Waals surface area contributed by atoms with Crippen LogP contribution in [0.2, 0.25) is 0 Å². The lowest BCUT2D eigenvalue weighted by atomic mass is 10.1. The van der Waals surface area contributed by atoms with Crippen LogP contribution in [0.1, 0.15) is 30.6 Å². The summed E-state index contributed by atoms with van der Waals surface area (Å²) in [5, 5.41) is 10.8. The van der Waals surface area contributed by atoms with E-state index >= 15 is 0 Å². The van der Waals surface area contributed by atoms with Gasteiger partial charge in [0, 0.05) is 24.4 Å². The first-order valence-corrected chi connectivity index (χ1v) is 8.20. The molecule has 2 heterocycles. The fourth-order valence-electron chi connectivity index (χ4n) is 2.52. The predicted octanol–water partition coefficient (Wildman–Crippen LogP) is 2.07. The molecule has 0 spiro atoms. The number of thiophene rings is 1. The summed E-state index contributed by atoms with van der Waals surface area (Å²) < 4.78 is 5.50. The Morgan fingerprint density at radius 2 is 2.25 bits per heavy atom. The topological polar surface area (TPSA) is 49.8 Å². The molecule has 1 aromatic heterocycles. The second-order valence-corrected chi connectivity index (χ2v) is 6.14. The lowest BCUT2D eigenvalue weighted by molar-refractivity contribution is -0.134. The number of likely N-dealkylation sites (tertiary alicyclic amines) is 1. The van der Waals surface area contributed by atoms with E-state index in [2.05, 4.69) is 17.5 Å². The first kappa shape index (κ1) is 15.5. The van der Waals surface area contributed by atoms with Crippen LogP contribution >= 0.6 is 11.3 Å². The third kappa shape index (κ3) is 4.89. The van der Waals surface area contributed by atoms with Crippen molar-refractivity contribution in [3.8, 4) is 0 Å². The smallest absolute Gasteiger partial charge is 0.222 e. The molecule has 0 aromatic carbocycles. The van der Waals surface area contributed by atoms with E-state index in [0.717, 1.165) is 38.8 Å². The van der Waals surface area contributed by atoms with Gasteiger partial charge in [-0.05, 0) is 37.1 Å². The van der Waals surface area contributed by atoms with Crippen molar-refractivity contribution in [1.82, 2.24) is 4.90 Å². The van der Waals surface area contributed by atoms with Gasteiger partial charge in [-0.25, -0.2) is 0 Å². The van der Waals surface area contributed by atoms with Crippen molar-refractivity contribution < 1.29 is 14.6 Å². The summed E-state index contributed by atoms with van der Waals surface area (Å²) in [5.74, 6) is 0.266. The molecule has 4 nitrogen and oxygen atoms in total. The van der Waals surface area contributed by atoms with Crippen molar-refractivity contribution in [3.05, 3.63) is 22.4 Å². The van der Waals surface area contributed by atoms with Crippen LogP contribution in [-0.4, -0.2) is 48.3 Å². The minimum atomic E-state index is 0.0713. The molecule has 0 aliphatic carbocycles. The summed E-state index contributed by atoms with van der Waals surface area (Å²) in [7, 11) is 0. The van der Waals surface area contributed by atoms with Gasteiger partial charge >= 0.3 is 0 Å². The number of piperidine rings is 1. The highest BCUT2D eigenvalue weighted by molar-refractivity contribution is 7.09. The first-order valence-electron chi connectivity index (χ1n) is 7.32. The number of hydrogen-bond acceptors (Lipinski definition) is 4. The molecule has 0 bridgehead atoms. The quantitative estimate of drug-likeness (QED) is 0.838. The Labute approximate surface area is 124 Å². The molecule has 1 aliphatic rings. The second-order valence-electron chi connectivity index (χ2n) is 5.11. The minimum absolute atomic E-state index is 0.0713. The van der Waals surface area contributed by atoms with Crippen LogP contribution in [-0.2, 0) is 16.0 Å². The number of aliphatic hydroxyl groups is 1. The number of amides is 1. The lowest BCUT2D eigenvalue weighted by Crippen LogP contribution is -2.41. The fourth-order valence-corrected chi connectivity index (χ4v) is 3.27. The molecule has 5 heteroatoms. The Morgan fingerprint density at radius 1 is 1.45 bits per heavy atom. The van der Waals surface area contributed by atoms with Gasteiger partial charge in [0.2, 0.25) is 5.91 Å². The van der Waals surface area contributed by atoms with Crippen molar-refractivity contribution >= 4 is 17.2 Å². The maximum absolute atomic E-state index is 12.1. The Bertz CT molecular complexity index is 386. The molecule has 112 valence electrons. The summed E-state index contributed by atoms with van der Waals surface area (Å²) in [6, 6.07) is 4.18. The maximum atomic E-state index is 12.1. The molecule has 1 aliphatic heterocycles. The average molecular weight is 297 g/mol. The summed E-state index contributed by atoms with van der Waals surface area (Å²) in [6.45, 7) is 2.04. The summed E-state index contributed by atoms with van der Waals surface area (Å²) >= 11 is 1.76. The molecular weight excluding hydrogens is 274 g/mol. The van der Waals surface area contributed by atoms with E-state index in [1.54, 1.807) is 11.3 Å². The molecule has 1 fully saturated rings. The highest BCUT2D eigenvalue weighted by atomic mass is 32.1. The normalized spacial score (nSPS) is 16.6. The molecule has 0 atom stereocenters. The van der Waals surface area contributed by atoms with Crippen molar-refractivity contribution in [2.45, 2.75) is 38.2 Å². The molecular formula is C15H23NO3S. The molecule has 0 unspecified atom stereocenters. The molecule has 1 amide bonds. The van der Waals surface area contributed by atoms with Crippen LogP contribution < -0.4 is 0 Å². The zero-order valence-electron chi connectivity index (χ0n) is 11.8. The van der Waals surface area contributed by atoms with Crippen molar-refractivity contribution in [2.24, 2.45) is 0 Å². The zero-order chi connectivity index (χ0) is 14.2. The number of carbonyl (C=O) groups excluding carboxylic acids is 1. The number of hydrogen-bond donors (Lipinski definition) is 1. The zero-order valence-corrected chi connectivity index (χ0v) is 12.6. The molecule has 1 aromatic rings. The lowest BCUT2D eigenvalue weighted by Gasteiger charge is -2.32. The van der Waals surface area contributed by atoms with E-state index in [4.69, 9.17) is 9.84 Å². The van der Waals surface area contributed by atoms with Crippen molar-refractivity contribution in [1.29, 1.82) is 0 Å². The van der Waals surface area contributed by atoms with Crippen molar-refractivity contribution in [3.63, 3.8) is 0 Å². The van der Waals surface area contributed by atoms with Crippen molar-refractivity contribution in [2.75, 3.05) is 26.3 Å². The van der Waals surface area contributed by atoms with Gasteiger partial charge in [0.1, 0.15) is 0 Å². The SMILES string of the molecule is O=C(CCCc1cccs1)N1CCC(OCCO)CC1. The Hall–Kier alpha value is -0.910. The molecule has 0 radical (unpaired) electrons. The van der Waals surface area contributed by atoms with E-state index in [9.17, 15) is 4.79 Å². The minimum Gasteiger partial charge on any atom is -0.394 e. The molecule has 0 saturated carbocycles. The standard InChI is InChI=1S/C15H23NO3S/c17-10-11-19-13-6-8-16(9-7-13)15(18)5-1-3-14-4-2-12-20-14/h2,4,12-13,17H,1,3,5-11H2. The monoisotopic (exact) mass is 297 g/mol. The molecule has 20 heavy (non-hydrogen) atoms. The summed E-state index contributed by atoms with van der Waals surface area (Å²) in [5.41, 5.74) is 0. The number of rotatable bonds is 7. The van der Waals surface area contributed by atoms with E-state index in [0.29, 0.717) is 13.0 Å². The Morgan fingerprint density at radius 3 is 2.90 bits per heavy atom. The van der Waals surface area contributed by atoms with Crippen LogP contribution in [0.25, 0.3) is 0 Å². The van der Waals surface area contributed by atoms with Gasteiger partial charge in [-0.15, -0.1) is 11.3 Å². The van der Waals surface area contributed by atoms with Crippen LogP contribution in [0, 0.1) is 0 Å². The van der Waals surface area contributed by atoms with Crippen LogP contribution in [0.3, 0.4) is 0 Å². The largest absolute Gasteiger partial charge is 0.394 e. The van der Waals surface area contributed by atoms with Gasteiger partial charge in [0.15, 0.2) is 0 Å². The van der Waals surface area contributed by atoms with Crippen LogP contribution in [0.4, 0.5) is 0 Å². The van der Waals surface area contributed by atoms with Crippen LogP contribution in [0.5, 0.6) is 0 Å². The Balaban J connectivity index is 1.61. The number of aliphatic hydroxyl groups excluding tert-OH is 1. The summed E-state index contributed by atoms with van der Waals surface area (Å²) in [4.78, 5) is 15.4. The first-order chi connectivity index (χ1) is 9.79. The highest BCUT2D eigenvalue weighted by Gasteiger charge is 2.22. The molecule has 1 saturated heterocycles. The third-order valence-corrected chi connectivity index (χ3v) is 4.57. The fraction of sp³-hybridized carbons (Fsp3) is 0.667. The average Bonchev–Trinajstić information content (AvgIpc) is 2.99. The van der Waals surface area contributed by atoms with Gasteiger partial charge in [-0.2, -0.15) is 0 Å². The second kappa shape index (κ2) is 8.39. The highest BCUT2D eigenvalue weighted by Crippen LogP contribution is 2.16. The van der Waals surface area contributed by atoms with Gasteiger partial charge < -0.3 is 14.7 Å². The van der Waals surface area contributed by atoms with Gasteiger partial charge in [0.05, 0.1) is 19.3 Å². The van der Waals surface area contributed by atoms with Gasteiger partial charge in [0.25, 0.3) is 0 Å². The van der Waals surface area contributed by atoms with Crippen LogP contribution in [0.15, 0.2) is 17.5 Å². The maximum Gasteiger partial charge on any atom is 0.222 e. The number of carbonyl (C=O) groups is 1. The third-order valence-electron chi connectivity index (χ3n) is 3.63. The number of ether oxygens (including phenoxy) is 1. The molecule has 2 rings (SSSR count). The Kier molecular flexibility index (Phi) is 6.50. The van der Waals surface area contributed by atoms with E-state index < -0.39 is 0 Å². The number of nitrogens with zero attached hydrogens (tertiary/aromatic N) is 1. The van der Waals surface area contributed by atoms with E-state index in [-0.39, 0.29) is 18.6 Å².